The summed E-state index contributed by atoms with van der Waals surface area (Å²) in [5, 5.41) is 9.22. The van der Waals surface area contributed by atoms with Crippen molar-refractivity contribution in [1.29, 1.82) is 5.26 Å². The molecule has 0 aromatic heterocycles. The second-order valence-corrected chi connectivity index (χ2v) is 6.85. The molecule has 3 rings (SSSR count). The number of benzene rings is 1. The van der Waals surface area contributed by atoms with Crippen molar-refractivity contribution in [2.45, 2.75) is 25.5 Å². The minimum Gasteiger partial charge on any atom is -0.444 e. The SMILES string of the molecule is N#CC1([C@@H]2COS(=O)(=O)N2C(=O)OCc2ccccc2)CC1. The summed E-state index contributed by atoms with van der Waals surface area (Å²) in [6.45, 7) is -0.242. The van der Waals surface area contributed by atoms with Crippen LogP contribution in [-0.2, 0) is 25.8 Å². The van der Waals surface area contributed by atoms with E-state index in [0.717, 1.165) is 5.56 Å². The van der Waals surface area contributed by atoms with E-state index in [-0.39, 0.29) is 13.2 Å². The van der Waals surface area contributed by atoms with Gasteiger partial charge in [0.1, 0.15) is 6.61 Å². The van der Waals surface area contributed by atoms with E-state index in [1.807, 2.05) is 6.07 Å². The maximum atomic E-state index is 12.2. The van der Waals surface area contributed by atoms with Crippen LogP contribution < -0.4 is 0 Å². The summed E-state index contributed by atoms with van der Waals surface area (Å²) in [6, 6.07) is 10.2. The van der Waals surface area contributed by atoms with Crippen LogP contribution in [0.4, 0.5) is 4.79 Å². The highest BCUT2D eigenvalue weighted by molar-refractivity contribution is 7.85. The van der Waals surface area contributed by atoms with Crippen molar-refractivity contribution in [3.05, 3.63) is 35.9 Å². The number of nitriles is 1. The number of hydrogen-bond acceptors (Lipinski definition) is 6. The molecule has 1 aliphatic carbocycles. The number of hydrogen-bond donors (Lipinski definition) is 0. The van der Waals surface area contributed by atoms with E-state index in [0.29, 0.717) is 17.1 Å². The van der Waals surface area contributed by atoms with Crippen LogP contribution in [0.2, 0.25) is 0 Å². The van der Waals surface area contributed by atoms with Gasteiger partial charge in [0.05, 0.1) is 24.1 Å². The molecular formula is C14H14N2O5S. The topological polar surface area (TPSA) is 96.7 Å². The van der Waals surface area contributed by atoms with Gasteiger partial charge in [-0.2, -0.15) is 18.0 Å². The first-order valence-electron chi connectivity index (χ1n) is 6.79. The van der Waals surface area contributed by atoms with Gasteiger partial charge in [-0.05, 0) is 18.4 Å². The first-order chi connectivity index (χ1) is 10.5. The van der Waals surface area contributed by atoms with Gasteiger partial charge >= 0.3 is 16.4 Å². The lowest BCUT2D eigenvalue weighted by atomic mass is 9.99. The minimum absolute atomic E-state index is 0.0437. The first kappa shape index (κ1) is 14.8. The lowest BCUT2D eigenvalue weighted by Crippen LogP contribution is -2.44. The summed E-state index contributed by atoms with van der Waals surface area (Å²) in [5.74, 6) is 0. The molecule has 0 bridgehead atoms. The third-order valence-corrected chi connectivity index (χ3v) is 5.25. The molecule has 2 aliphatic rings. The Balaban J connectivity index is 1.75. The number of nitrogens with zero attached hydrogens (tertiary/aromatic N) is 2. The quantitative estimate of drug-likeness (QED) is 0.838. The molecule has 1 atom stereocenters. The normalized spacial score (nSPS) is 24.5. The maximum Gasteiger partial charge on any atom is 0.426 e. The molecule has 1 amide bonds. The molecule has 1 aromatic carbocycles. The number of carbonyl (C=O) groups excluding carboxylic acids is 1. The predicted molar refractivity (Wildman–Crippen MR) is 74.4 cm³/mol. The van der Waals surface area contributed by atoms with Gasteiger partial charge in [0, 0.05) is 0 Å². The van der Waals surface area contributed by atoms with Crippen LogP contribution in [-0.4, -0.2) is 31.5 Å². The molecule has 0 spiro atoms. The average Bonchev–Trinajstić information content (AvgIpc) is 3.24. The van der Waals surface area contributed by atoms with Crippen molar-refractivity contribution in [3.8, 4) is 6.07 Å². The molecule has 22 heavy (non-hydrogen) atoms. The van der Waals surface area contributed by atoms with Crippen LogP contribution in [0.15, 0.2) is 30.3 Å². The molecule has 1 aliphatic heterocycles. The number of ether oxygens (including phenoxy) is 1. The lowest BCUT2D eigenvalue weighted by molar-refractivity contribution is 0.106. The minimum atomic E-state index is -4.19. The summed E-state index contributed by atoms with van der Waals surface area (Å²) >= 11 is 0. The molecule has 2 fully saturated rings. The van der Waals surface area contributed by atoms with Crippen LogP contribution in [0.25, 0.3) is 0 Å². The molecule has 7 nitrogen and oxygen atoms in total. The van der Waals surface area contributed by atoms with Gasteiger partial charge in [0.25, 0.3) is 0 Å². The Morgan fingerprint density at radius 2 is 2.09 bits per heavy atom. The lowest BCUT2D eigenvalue weighted by Gasteiger charge is -2.23. The molecule has 1 aromatic rings. The Bertz CT molecular complexity index is 721. The fourth-order valence-electron chi connectivity index (χ4n) is 2.47. The van der Waals surface area contributed by atoms with Crippen molar-refractivity contribution in [1.82, 2.24) is 4.31 Å². The van der Waals surface area contributed by atoms with Crippen molar-refractivity contribution < 1.29 is 22.1 Å². The molecule has 1 saturated heterocycles. The Morgan fingerprint density at radius 3 is 2.68 bits per heavy atom. The molecular weight excluding hydrogens is 308 g/mol. The number of rotatable bonds is 3. The van der Waals surface area contributed by atoms with Crippen LogP contribution in [0, 0.1) is 16.7 Å². The van der Waals surface area contributed by atoms with Crippen LogP contribution in [0.5, 0.6) is 0 Å². The standard InChI is InChI=1S/C14H14N2O5S/c15-10-14(6-7-14)12-9-21-22(18,19)16(12)13(17)20-8-11-4-2-1-3-5-11/h1-5,12H,6-9H2/t12-/m0/s1. The van der Waals surface area contributed by atoms with E-state index in [2.05, 4.69) is 6.07 Å². The average molecular weight is 322 g/mol. The zero-order valence-electron chi connectivity index (χ0n) is 11.6. The second-order valence-electron chi connectivity index (χ2n) is 5.36. The summed E-state index contributed by atoms with van der Waals surface area (Å²) in [5.41, 5.74) is -0.0960. The highest BCUT2D eigenvalue weighted by atomic mass is 32.2. The smallest absolute Gasteiger partial charge is 0.426 e. The van der Waals surface area contributed by atoms with Gasteiger partial charge in [-0.15, -0.1) is 0 Å². The van der Waals surface area contributed by atoms with Crippen molar-refractivity contribution in [2.75, 3.05) is 6.61 Å². The summed E-state index contributed by atoms with van der Waals surface area (Å²) in [4.78, 5) is 12.2. The summed E-state index contributed by atoms with van der Waals surface area (Å²) in [7, 11) is -4.19. The first-order valence-corrected chi connectivity index (χ1v) is 8.16. The molecule has 1 heterocycles. The fraction of sp³-hybridized carbons (Fsp3) is 0.429. The zero-order valence-corrected chi connectivity index (χ0v) is 12.5. The molecule has 0 radical (unpaired) electrons. The predicted octanol–water partition coefficient (Wildman–Crippen LogP) is 1.57. The van der Waals surface area contributed by atoms with Crippen molar-refractivity contribution >= 4 is 16.4 Å². The maximum absolute atomic E-state index is 12.2. The van der Waals surface area contributed by atoms with E-state index in [9.17, 15) is 18.5 Å². The van der Waals surface area contributed by atoms with Gasteiger partial charge < -0.3 is 4.74 Å². The molecule has 0 unspecified atom stereocenters. The van der Waals surface area contributed by atoms with Gasteiger partial charge in [0.15, 0.2) is 0 Å². The van der Waals surface area contributed by atoms with Gasteiger partial charge in [-0.25, -0.2) is 4.79 Å². The molecule has 0 N–H and O–H groups in total. The van der Waals surface area contributed by atoms with Gasteiger partial charge in [0.2, 0.25) is 0 Å². The fourth-order valence-corrected chi connectivity index (χ4v) is 3.69. The summed E-state index contributed by atoms with van der Waals surface area (Å²) < 4.78 is 34.2. The van der Waals surface area contributed by atoms with Gasteiger partial charge in [-0.1, -0.05) is 30.3 Å². The Labute approximate surface area is 128 Å². The van der Waals surface area contributed by atoms with Crippen LogP contribution >= 0.6 is 0 Å². The number of amides is 1. The summed E-state index contributed by atoms with van der Waals surface area (Å²) in [6.07, 6.45) is 0.0956. The molecule has 8 heteroatoms. The second kappa shape index (κ2) is 5.26. The van der Waals surface area contributed by atoms with E-state index in [4.69, 9.17) is 8.92 Å². The third kappa shape index (κ3) is 2.53. The zero-order chi connectivity index (χ0) is 15.8. The highest BCUT2D eigenvalue weighted by Gasteiger charge is 2.60. The van der Waals surface area contributed by atoms with Crippen LogP contribution in [0.1, 0.15) is 18.4 Å². The van der Waals surface area contributed by atoms with E-state index in [1.54, 1.807) is 24.3 Å². The van der Waals surface area contributed by atoms with Gasteiger partial charge in [-0.3, -0.25) is 4.18 Å². The Hall–Kier alpha value is -2.11. The number of carbonyl (C=O) groups is 1. The third-order valence-electron chi connectivity index (χ3n) is 3.93. The molecule has 1 saturated carbocycles. The Kier molecular flexibility index (Phi) is 3.54. The van der Waals surface area contributed by atoms with E-state index >= 15 is 0 Å². The van der Waals surface area contributed by atoms with E-state index in [1.165, 1.54) is 0 Å². The monoisotopic (exact) mass is 322 g/mol. The largest absolute Gasteiger partial charge is 0.444 e. The van der Waals surface area contributed by atoms with Crippen molar-refractivity contribution in [3.63, 3.8) is 0 Å². The van der Waals surface area contributed by atoms with E-state index < -0.39 is 27.9 Å². The molecule has 116 valence electrons. The Morgan fingerprint density at radius 1 is 1.41 bits per heavy atom. The van der Waals surface area contributed by atoms with Crippen LogP contribution in [0.3, 0.4) is 0 Å². The van der Waals surface area contributed by atoms with Crippen molar-refractivity contribution in [2.24, 2.45) is 5.41 Å². The highest BCUT2D eigenvalue weighted by Crippen LogP contribution is 2.52.